The number of halogens is 1. The van der Waals surface area contributed by atoms with E-state index in [9.17, 15) is 9.59 Å². The average molecular weight is 599 g/mol. The van der Waals surface area contributed by atoms with Gasteiger partial charge in [-0.1, -0.05) is 68.8 Å². The number of rotatable bonds is 13. The molecule has 8 nitrogen and oxygen atoms in total. The fourth-order valence-corrected chi connectivity index (χ4v) is 6.58. The number of anilines is 2. The third-order valence-corrected chi connectivity index (χ3v) is 9.11. The van der Waals surface area contributed by atoms with E-state index >= 15 is 0 Å². The van der Waals surface area contributed by atoms with Crippen molar-refractivity contribution in [1.82, 2.24) is 9.27 Å². The molecule has 0 spiro atoms. The van der Waals surface area contributed by atoms with Crippen LogP contribution in [-0.2, 0) is 27.1 Å². The number of nitrogens with zero attached hydrogens (tertiary/aromatic N) is 4. The molecule has 0 unspecified atom stereocenters. The molecule has 3 aromatic rings. The van der Waals surface area contributed by atoms with Gasteiger partial charge in [0, 0.05) is 43.1 Å². The van der Waals surface area contributed by atoms with Crippen LogP contribution in [0.1, 0.15) is 56.6 Å². The van der Waals surface area contributed by atoms with Gasteiger partial charge in [0.1, 0.15) is 5.82 Å². The number of ether oxygens (including phenoxy) is 2. The van der Waals surface area contributed by atoms with Gasteiger partial charge in [-0.25, -0.2) is 4.79 Å². The molecule has 1 fully saturated rings. The number of fused-ring (bicyclic) bond motifs is 2. The van der Waals surface area contributed by atoms with E-state index in [1.54, 1.807) is 11.5 Å². The molecule has 41 heavy (non-hydrogen) atoms. The van der Waals surface area contributed by atoms with E-state index in [1.165, 1.54) is 34.2 Å². The van der Waals surface area contributed by atoms with Crippen LogP contribution in [0.15, 0.2) is 36.4 Å². The highest BCUT2D eigenvalue weighted by atomic mass is 35.5. The molecule has 0 saturated carbocycles. The molecule has 0 aliphatic carbocycles. The number of hydrogen-bond acceptors (Lipinski definition) is 8. The normalized spacial score (nSPS) is 15.5. The van der Waals surface area contributed by atoms with Crippen molar-refractivity contribution in [3.8, 4) is 0 Å². The number of carbonyl (C=O) groups is 2. The first-order valence-corrected chi connectivity index (χ1v) is 15.9. The maximum Gasteiger partial charge on any atom is 0.510 e. The first kappa shape index (κ1) is 29.6. The molecule has 220 valence electrons. The molecule has 0 radical (unpaired) electrons. The van der Waals surface area contributed by atoms with Crippen molar-refractivity contribution in [3.63, 3.8) is 0 Å². The molecule has 2 aromatic carbocycles. The number of amides is 1. The summed E-state index contributed by atoms with van der Waals surface area (Å²) in [5.41, 5.74) is 2.66. The maximum absolute atomic E-state index is 12.7. The Morgan fingerprint density at radius 2 is 1.80 bits per heavy atom. The molecule has 5 rings (SSSR count). The smallest absolute Gasteiger partial charge is 0.434 e. The average Bonchev–Trinajstić information content (AvgIpc) is 3.54. The van der Waals surface area contributed by atoms with E-state index in [2.05, 4.69) is 41.0 Å². The topological polar surface area (TPSA) is 75.2 Å². The molecule has 10 heteroatoms. The van der Waals surface area contributed by atoms with Gasteiger partial charge in [0.15, 0.2) is 6.73 Å². The zero-order chi connectivity index (χ0) is 28.6. The lowest BCUT2D eigenvalue weighted by Crippen LogP contribution is -2.47. The molecule has 2 aliphatic rings. The predicted molar refractivity (Wildman–Crippen MR) is 165 cm³/mol. The summed E-state index contributed by atoms with van der Waals surface area (Å²) in [5.74, 6) is 0.985. The van der Waals surface area contributed by atoms with Crippen molar-refractivity contribution in [2.45, 2.75) is 58.3 Å². The van der Waals surface area contributed by atoms with E-state index < -0.39 is 6.16 Å². The minimum Gasteiger partial charge on any atom is -0.434 e. The van der Waals surface area contributed by atoms with Gasteiger partial charge < -0.3 is 14.4 Å². The van der Waals surface area contributed by atoms with Crippen molar-refractivity contribution in [1.29, 1.82) is 0 Å². The Morgan fingerprint density at radius 3 is 2.63 bits per heavy atom. The number of hydrogen-bond donors (Lipinski definition) is 0. The highest BCUT2D eigenvalue weighted by Gasteiger charge is 2.30. The second-order valence-electron chi connectivity index (χ2n) is 10.8. The van der Waals surface area contributed by atoms with Crippen LogP contribution in [0.3, 0.4) is 0 Å². The lowest BCUT2D eigenvalue weighted by atomic mass is 10.1. The van der Waals surface area contributed by atoms with Gasteiger partial charge in [-0.2, -0.15) is 4.37 Å². The Labute approximate surface area is 251 Å². The van der Waals surface area contributed by atoms with E-state index in [-0.39, 0.29) is 19.1 Å². The van der Waals surface area contributed by atoms with E-state index in [4.69, 9.17) is 25.4 Å². The predicted octanol–water partition coefficient (Wildman–Crippen LogP) is 6.67. The third kappa shape index (κ3) is 7.50. The second kappa shape index (κ2) is 14.3. The van der Waals surface area contributed by atoms with Gasteiger partial charge in [0.05, 0.1) is 23.4 Å². The standard InChI is InChI=1S/C31H39ClN4O4S/c1-2-3-4-5-6-9-18-39-31(38)40-22-36-27-21-26(32)23(19-24(27)20-29(36)37)12-13-34-14-16-35(17-15-34)30-25-10-7-8-11-28(25)41-33-30/h7-8,10-11,19,21H,2-6,9,12-18,20,22H2,1H3. The number of unbranched alkanes of at least 4 members (excludes halogenated alkanes) is 5. The molecule has 0 N–H and O–H groups in total. The summed E-state index contributed by atoms with van der Waals surface area (Å²) in [7, 11) is 0. The van der Waals surface area contributed by atoms with Crippen LogP contribution >= 0.6 is 23.1 Å². The summed E-state index contributed by atoms with van der Waals surface area (Å²) >= 11 is 8.23. The van der Waals surface area contributed by atoms with Gasteiger partial charge in [0.2, 0.25) is 5.91 Å². The van der Waals surface area contributed by atoms with Gasteiger partial charge in [-0.3, -0.25) is 14.6 Å². The Kier molecular flexibility index (Phi) is 10.4. The van der Waals surface area contributed by atoms with Crippen LogP contribution in [0.2, 0.25) is 5.02 Å². The minimum atomic E-state index is -0.745. The van der Waals surface area contributed by atoms with Crippen LogP contribution in [-0.4, -0.2) is 67.4 Å². The van der Waals surface area contributed by atoms with Gasteiger partial charge in [-0.05, 0) is 53.7 Å². The highest BCUT2D eigenvalue weighted by Crippen LogP contribution is 2.34. The second-order valence-corrected chi connectivity index (χ2v) is 12.0. The van der Waals surface area contributed by atoms with Crippen LogP contribution in [0.25, 0.3) is 10.1 Å². The lowest BCUT2D eigenvalue weighted by molar-refractivity contribution is -0.118. The zero-order valence-electron chi connectivity index (χ0n) is 23.8. The zero-order valence-corrected chi connectivity index (χ0v) is 25.4. The number of benzene rings is 2. The van der Waals surface area contributed by atoms with Crippen molar-refractivity contribution in [2.75, 3.05) is 55.9 Å². The summed E-state index contributed by atoms with van der Waals surface area (Å²) in [6.07, 6.45) is 7.00. The Morgan fingerprint density at radius 1 is 1.02 bits per heavy atom. The van der Waals surface area contributed by atoms with Crippen molar-refractivity contribution < 1.29 is 19.1 Å². The van der Waals surface area contributed by atoms with Gasteiger partial charge >= 0.3 is 6.16 Å². The summed E-state index contributed by atoms with van der Waals surface area (Å²) in [4.78, 5) is 31.0. The summed E-state index contributed by atoms with van der Waals surface area (Å²) in [6.45, 7) is 7.06. The Balaban J connectivity index is 1.07. The Hall–Kier alpha value is -2.88. The molecular formula is C31H39ClN4O4S. The largest absolute Gasteiger partial charge is 0.510 e. The fourth-order valence-electron chi connectivity index (χ4n) is 5.54. The monoisotopic (exact) mass is 598 g/mol. The summed E-state index contributed by atoms with van der Waals surface area (Å²) in [5, 5.41) is 1.86. The van der Waals surface area contributed by atoms with E-state index in [0.29, 0.717) is 17.3 Å². The van der Waals surface area contributed by atoms with Crippen LogP contribution in [0.4, 0.5) is 16.3 Å². The van der Waals surface area contributed by atoms with Crippen molar-refractivity contribution in [2.24, 2.45) is 0 Å². The molecular weight excluding hydrogens is 560 g/mol. The number of aromatic nitrogens is 1. The van der Waals surface area contributed by atoms with Crippen molar-refractivity contribution in [3.05, 3.63) is 52.5 Å². The third-order valence-electron chi connectivity index (χ3n) is 7.94. The van der Waals surface area contributed by atoms with Crippen molar-refractivity contribution >= 4 is 56.8 Å². The minimum absolute atomic E-state index is 0.109. The lowest BCUT2D eigenvalue weighted by Gasteiger charge is -2.35. The summed E-state index contributed by atoms with van der Waals surface area (Å²) in [6, 6.07) is 12.3. The molecule has 0 atom stereocenters. The number of piperazine rings is 1. The molecule has 1 saturated heterocycles. The number of carbonyl (C=O) groups excluding carboxylic acids is 2. The molecule has 3 heterocycles. The van der Waals surface area contributed by atoms with Crippen LogP contribution < -0.4 is 9.80 Å². The SMILES string of the molecule is CCCCCCCCOC(=O)OCN1C(=O)Cc2cc(CCN3CCN(c4nsc5ccccc45)CC3)c(Cl)cc21. The maximum atomic E-state index is 12.7. The first-order valence-electron chi connectivity index (χ1n) is 14.8. The molecule has 2 aliphatic heterocycles. The molecule has 1 aromatic heterocycles. The van der Waals surface area contributed by atoms with E-state index in [0.717, 1.165) is 75.4 Å². The van der Waals surface area contributed by atoms with E-state index in [1.807, 2.05) is 12.1 Å². The molecule has 1 amide bonds. The first-order chi connectivity index (χ1) is 20.0. The quantitative estimate of drug-likeness (QED) is 0.161. The van der Waals surface area contributed by atoms with Gasteiger partial charge in [0.25, 0.3) is 0 Å². The van der Waals surface area contributed by atoms with Gasteiger partial charge in [-0.15, -0.1) is 0 Å². The fraction of sp³-hybridized carbons (Fsp3) is 0.516. The molecule has 0 bridgehead atoms. The summed E-state index contributed by atoms with van der Waals surface area (Å²) < 4.78 is 16.4. The van der Waals surface area contributed by atoms with Crippen LogP contribution in [0, 0.1) is 0 Å². The van der Waals surface area contributed by atoms with Crippen LogP contribution in [0.5, 0.6) is 0 Å². The highest BCUT2D eigenvalue weighted by molar-refractivity contribution is 7.13. The Bertz CT molecular complexity index is 1340.